The molecule has 2 aliphatic rings. The van der Waals surface area contributed by atoms with E-state index in [-0.39, 0.29) is 0 Å². The molecule has 0 atom stereocenters. The summed E-state index contributed by atoms with van der Waals surface area (Å²) in [6, 6.07) is 14.5. The Morgan fingerprint density at radius 3 is 2.59 bits per heavy atom. The predicted octanol–water partition coefficient (Wildman–Crippen LogP) is 3.12. The molecule has 0 N–H and O–H groups in total. The van der Waals surface area contributed by atoms with Crippen LogP contribution in [-0.4, -0.2) is 17.4 Å². The normalized spacial score (nSPS) is 14.7. The lowest BCUT2D eigenvalue weighted by atomic mass is 9.95. The minimum absolute atomic E-state index is 0.765. The fourth-order valence-corrected chi connectivity index (χ4v) is 3.86. The first-order chi connectivity index (χ1) is 13.3. The zero-order valence-electron chi connectivity index (χ0n) is 15.1. The van der Waals surface area contributed by atoms with Crippen molar-refractivity contribution in [2.45, 2.75) is 19.3 Å². The Labute approximate surface area is 160 Å². The Morgan fingerprint density at radius 1 is 0.889 bits per heavy atom. The number of hydrogen-bond donors (Lipinski definition) is 0. The average Bonchev–Trinajstić information content (AvgIpc) is 2.90. The van der Waals surface area contributed by atoms with Crippen LogP contribution in [0.3, 0.4) is 0 Å². The maximum absolute atomic E-state index is 5.90. The van der Waals surface area contributed by atoms with Gasteiger partial charge in [0, 0.05) is 11.1 Å². The van der Waals surface area contributed by atoms with E-state index in [0.29, 0.717) is 0 Å². The molecule has 0 spiro atoms. The van der Waals surface area contributed by atoms with E-state index in [0.717, 1.165) is 41.5 Å². The second-order valence-corrected chi connectivity index (χ2v) is 6.97. The number of benzene rings is 2. The summed E-state index contributed by atoms with van der Waals surface area (Å²) in [5.74, 6) is 0.962. The molecule has 2 aliphatic carbocycles. The lowest BCUT2D eigenvalue weighted by Crippen LogP contribution is -2.31. The highest BCUT2D eigenvalue weighted by Crippen LogP contribution is 2.27. The van der Waals surface area contributed by atoms with E-state index in [1.807, 2.05) is 12.1 Å². The van der Waals surface area contributed by atoms with Crippen molar-refractivity contribution in [2.75, 3.05) is 0 Å². The van der Waals surface area contributed by atoms with Crippen LogP contribution in [0.2, 0.25) is 0 Å². The van der Waals surface area contributed by atoms with E-state index in [4.69, 9.17) is 12.8 Å². The molecule has 2 aromatic carbocycles. The molecular weight excluding hydrogens is 327 g/mol. The zero-order valence-corrected chi connectivity index (χ0v) is 15.1. The topological polar surface area (TPSA) is 17.8 Å². The molecule has 0 aliphatic heterocycles. The summed E-state index contributed by atoms with van der Waals surface area (Å²) in [4.78, 5) is 4.99. The van der Waals surface area contributed by atoms with Crippen LogP contribution < -0.4 is 16.2 Å². The quantitative estimate of drug-likeness (QED) is 0.652. The van der Waals surface area contributed by atoms with Gasteiger partial charge in [-0.1, -0.05) is 78.3 Å². The van der Waals surface area contributed by atoms with Crippen molar-refractivity contribution in [1.82, 2.24) is 9.55 Å². The van der Waals surface area contributed by atoms with Gasteiger partial charge in [-0.25, -0.2) is 4.98 Å². The van der Waals surface area contributed by atoms with Crippen molar-refractivity contribution in [3.63, 3.8) is 0 Å². The van der Waals surface area contributed by atoms with Gasteiger partial charge in [0.15, 0.2) is 0 Å². The molecule has 1 aromatic heterocycles. The monoisotopic (exact) mass is 346 g/mol. The molecule has 128 valence electrons. The molecule has 3 heteroatoms. The number of rotatable bonds is 2. The third-order valence-corrected chi connectivity index (χ3v) is 5.16. The van der Waals surface area contributed by atoms with Crippen molar-refractivity contribution in [3.8, 4) is 17.1 Å². The Morgan fingerprint density at radius 2 is 1.70 bits per heavy atom. The van der Waals surface area contributed by atoms with Crippen molar-refractivity contribution in [1.29, 1.82) is 0 Å². The minimum Gasteiger partial charge on any atom is -0.292 e. The third kappa shape index (κ3) is 2.80. The molecule has 0 unspecified atom stereocenters. The molecule has 0 bridgehead atoms. The van der Waals surface area contributed by atoms with Gasteiger partial charge in [-0.05, 0) is 30.9 Å². The molecule has 0 saturated carbocycles. The number of fused-ring (bicyclic) bond motifs is 2. The van der Waals surface area contributed by atoms with Crippen LogP contribution in [0, 0.1) is 0 Å². The largest absolute Gasteiger partial charge is 0.292 e. The van der Waals surface area contributed by atoms with Crippen LogP contribution in [0.15, 0.2) is 54.6 Å². The van der Waals surface area contributed by atoms with E-state index in [2.05, 4.69) is 71.4 Å². The number of allylic oxidation sites excluding steroid dienone is 2. The lowest BCUT2D eigenvalue weighted by Gasteiger charge is -2.14. The van der Waals surface area contributed by atoms with Gasteiger partial charge in [-0.3, -0.25) is 4.57 Å². The molecule has 1 heterocycles. The third-order valence-electron chi connectivity index (χ3n) is 5.16. The summed E-state index contributed by atoms with van der Waals surface area (Å²) in [5.41, 5.74) is 5.49. The van der Waals surface area contributed by atoms with Crippen molar-refractivity contribution in [2.24, 2.45) is 0 Å². The Kier molecular flexibility index (Phi) is 3.94. The molecule has 27 heavy (non-hydrogen) atoms. The highest BCUT2D eigenvalue weighted by molar-refractivity contribution is 6.32. The standard InChI is InChI=1S/C24H19BN2/c25-19-15-13-18(14-16-19)24-26-21-10-4-5-11-23(21)27(24)22-12-6-8-17-7-2-1-3-9-20(17)22/h2-3,6-16H,1,4-5H2. The predicted molar refractivity (Wildman–Crippen MR) is 114 cm³/mol. The summed E-state index contributed by atoms with van der Waals surface area (Å²) < 4.78 is 2.30. The summed E-state index contributed by atoms with van der Waals surface area (Å²) in [7, 11) is 5.90. The van der Waals surface area contributed by atoms with Crippen molar-refractivity contribution >= 4 is 37.6 Å². The molecule has 0 fully saturated rings. The van der Waals surface area contributed by atoms with Gasteiger partial charge < -0.3 is 0 Å². The molecule has 0 saturated heterocycles. The van der Waals surface area contributed by atoms with Crippen LogP contribution in [0.5, 0.6) is 0 Å². The Balaban J connectivity index is 1.85. The fourth-order valence-electron chi connectivity index (χ4n) is 3.86. The SMILES string of the molecule is [B]c1ccc(-c2nc3c(n2-c2cccc4c2C=CCC=C4)=CCCC=3)cc1. The zero-order chi connectivity index (χ0) is 18.2. The second kappa shape index (κ2) is 6.59. The number of nitrogens with zero attached hydrogens (tertiary/aromatic N) is 2. The maximum Gasteiger partial charge on any atom is 0.145 e. The number of hydrogen-bond acceptors (Lipinski definition) is 1. The van der Waals surface area contributed by atoms with Crippen LogP contribution in [-0.2, 0) is 0 Å². The van der Waals surface area contributed by atoms with Gasteiger partial charge in [-0.2, -0.15) is 0 Å². The summed E-state index contributed by atoms with van der Waals surface area (Å²) >= 11 is 0. The van der Waals surface area contributed by atoms with Gasteiger partial charge in [0.25, 0.3) is 0 Å². The highest BCUT2D eigenvalue weighted by Gasteiger charge is 2.16. The fraction of sp³-hybridized carbons (Fsp3) is 0.125. The highest BCUT2D eigenvalue weighted by atomic mass is 15.1. The summed E-state index contributed by atoms with van der Waals surface area (Å²) in [6.45, 7) is 0. The minimum atomic E-state index is 0.765. The van der Waals surface area contributed by atoms with Gasteiger partial charge in [0.2, 0.25) is 0 Å². The first kappa shape index (κ1) is 16.1. The van der Waals surface area contributed by atoms with E-state index in [1.54, 1.807) is 0 Å². The molecule has 0 amide bonds. The van der Waals surface area contributed by atoms with E-state index >= 15 is 0 Å². The molecular formula is C24H19BN2. The average molecular weight is 346 g/mol. The van der Waals surface area contributed by atoms with Gasteiger partial charge in [0.05, 0.1) is 16.4 Å². The van der Waals surface area contributed by atoms with Crippen molar-refractivity contribution in [3.05, 3.63) is 76.4 Å². The summed E-state index contributed by atoms with van der Waals surface area (Å²) in [5, 5.41) is 2.25. The van der Waals surface area contributed by atoms with Crippen molar-refractivity contribution < 1.29 is 0 Å². The lowest BCUT2D eigenvalue weighted by molar-refractivity contribution is 1.000. The van der Waals surface area contributed by atoms with E-state index in [9.17, 15) is 0 Å². The van der Waals surface area contributed by atoms with Crippen LogP contribution in [0.1, 0.15) is 30.4 Å². The van der Waals surface area contributed by atoms with Gasteiger partial charge in [-0.15, -0.1) is 0 Å². The number of imidazole rings is 1. The Bertz CT molecular complexity index is 1190. The van der Waals surface area contributed by atoms with Crippen LogP contribution in [0.25, 0.3) is 41.4 Å². The molecule has 3 aromatic rings. The van der Waals surface area contributed by atoms with E-state index < -0.39 is 0 Å². The molecule has 2 nitrogen and oxygen atoms in total. The first-order valence-corrected chi connectivity index (χ1v) is 9.43. The van der Waals surface area contributed by atoms with Crippen LogP contribution in [0.4, 0.5) is 0 Å². The smallest absolute Gasteiger partial charge is 0.145 e. The maximum atomic E-state index is 5.90. The van der Waals surface area contributed by atoms with Gasteiger partial charge >= 0.3 is 0 Å². The summed E-state index contributed by atoms with van der Waals surface area (Å²) in [6.07, 6.45) is 16.5. The van der Waals surface area contributed by atoms with E-state index in [1.165, 1.54) is 22.2 Å². The van der Waals surface area contributed by atoms with Crippen LogP contribution >= 0.6 is 0 Å². The Hall–Kier alpha value is -3.07. The van der Waals surface area contributed by atoms with Gasteiger partial charge in [0.1, 0.15) is 13.7 Å². The molecule has 2 radical (unpaired) electrons. The number of aromatic nitrogens is 2. The second-order valence-electron chi connectivity index (χ2n) is 6.97. The molecule has 5 rings (SSSR count). The first-order valence-electron chi connectivity index (χ1n) is 9.43.